The van der Waals surface area contributed by atoms with Crippen LogP contribution >= 0.6 is 0 Å². The minimum atomic E-state index is -0.109. The third-order valence-electron chi connectivity index (χ3n) is 4.82. The van der Waals surface area contributed by atoms with E-state index in [1.807, 2.05) is 35.2 Å². The van der Waals surface area contributed by atoms with Gasteiger partial charge in [0.05, 0.1) is 13.2 Å². The van der Waals surface area contributed by atoms with Crippen LogP contribution in [0.5, 0.6) is 11.6 Å². The van der Waals surface area contributed by atoms with Gasteiger partial charge in [0.25, 0.3) is 5.91 Å². The lowest BCUT2D eigenvalue weighted by atomic mass is 9.95. The van der Waals surface area contributed by atoms with Crippen LogP contribution < -0.4 is 4.74 Å². The Morgan fingerprint density at radius 3 is 2.50 bits per heavy atom. The van der Waals surface area contributed by atoms with Gasteiger partial charge in [-0.15, -0.1) is 0 Å². The largest absolute Gasteiger partial charge is 0.438 e. The van der Waals surface area contributed by atoms with Crippen molar-refractivity contribution in [3.8, 4) is 11.6 Å². The summed E-state index contributed by atoms with van der Waals surface area (Å²) >= 11 is 0. The van der Waals surface area contributed by atoms with Gasteiger partial charge in [-0.1, -0.05) is 18.2 Å². The normalized spacial score (nSPS) is 18.8. The minimum Gasteiger partial charge on any atom is -0.438 e. The molecule has 0 saturated carbocycles. The van der Waals surface area contributed by atoms with Crippen molar-refractivity contribution in [1.29, 1.82) is 0 Å². The quantitative estimate of drug-likeness (QED) is 0.844. The molecule has 4 rings (SSSR count). The van der Waals surface area contributed by atoms with E-state index in [4.69, 9.17) is 14.2 Å². The fraction of sp³-hybridized carbons (Fsp3) is 0.400. The Balaban J connectivity index is 1.43. The summed E-state index contributed by atoms with van der Waals surface area (Å²) in [6, 6.07) is 12.9. The van der Waals surface area contributed by atoms with Gasteiger partial charge < -0.3 is 19.1 Å². The molecular formula is C20H22N2O4. The first-order valence-electron chi connectivity index (χ1n) is 9.01. The molecule has 2 fully saturated rings. The topological polar surface area (TPSA) is 60.9 Å². The molecule has 0 atom stereocenters. The number of benzene rings is 1. The number of hydrogen-bond acceptors (Lipinski definition) is 5. The van der Waals surface area contributed by atoms with Crippen molar-refractivity contribution in [2.45, 2.75) is 19.1 Å². The summed E-state index contributed by atoms with van der Waals surface area (Å²) in [5.74, 6) is 1.31. The van der Waals surface area contributed by atoms with E-state index in [0.717, 1.165) is 12.8 Å². The first kappa shape index (κ1) is 17.0. The lowest BCUT2D eigenvalue weighted by Crippen LogP contribution is -2.41. The Kier molecular flexibility index (Phi) is 5.13. The number of aromatic nitrogens is 1. The summed E-state index contributed by atoms with van der Waals surface area (Å²) in [5.41, 5.74) is 0.489. The van der Waals surface area contributed by atoms with E-state index in [9.17, 15) is 4.79 Å². The molecule has 6 nitrogen and oxygen atoms in total. The number of nitrogens with zero attached hydrogens (tertiary/aromatic N) is 2. The second kappa shape index (κ2) is 7.85. The van der Waals surface area contributed by atoms with Gasteiger partial charge in [0.2, 0.25) is 5.88 Å². The van der Waals surface area contributed by atoms with Crippen LogP contribution in [0, 0.1) is 5.92 Å². The molecule has 136 valence electrons. The number of likely N-dealkylation sites (tertiary alicyclic amines) is 1. The van der Waals surface area contributed by atoms with Crippen molar-refractivity contribution in [3.05, 3.63) is 54.2 Å². The first-order valence-corrected chi connectivity index (χ1v) is 9.01. The van der Waals surface area contributed by atoms with E-state index in [1.54, 1.807) is 18.3 Å². The molecule has 0 bridgehead atoms. The Hall–Kier alpha value is -2.44. The van der Waals surface area contributed by atoms with Crippen molar-refractivity contribution in [1.82, 2.24) is 9.88 Å². The number of ether oxygens (including phenoxy) is 3. The third kappa shape index (κ3) is 3.71. The number of pyridine rings is 1. The smallest absolute Gasteiger partial charge is 0.259 e. The van der Waals surface area contributed by atoms with Gasteiger partial charge in [-0.2, -0.15) is 0 Å². The van der Waals surface area contributed by atoms with Crippen LogP contribution in [0.1, 0.15) is 23.2 Å². The van der Waals surface area contributed by atoms with Crippen molar-refractivity contribution in [2.24, 2.45) is 5.92 Å². The van der Waals surface area contributed by atoms with Gasteiger partial charge in [0.15, 0.2) is 6.29 Å². The van der Waals surface area contributed by atoms with E-state index in [2.05, 4.69) is 4.98 Å². The average molecular weight is 354 g/mol. The summed E-state index contributed by atoms with van der Waals surface area (Å²) in [4.78, 5) is 19.1. The minimum absolute atomic E-state index is 0.0456. The van der Waals surface area contributed by atoms with E-state index >= 15 is 0 Å². The van der Waals surface area contributed by atoms with E-state index in [-0.39, 0.29) is 12.2 Å². The maximum Gasteiger partial charge on any atom is 0.259 e. The molecule has 0 N–H and O–H groups in total. The molecule has 0 radical (unpaired) electrons. The van der Waals surface area contributed by atoms with Crippen LogP contribution in [-0.4, -0.2) is 48.4 Å². The van der Waals surface area contributed by atoms with Gasteiger partial charge >= 0.3 is 0 Å². The number of rotatable bonds is 4. The molecule has 0 spiro atoms. The van der Waals surface area contributed by atoms with Gasteiger partial charge in [-0.05, 0) is 37.1 Å². The maximum atomic E-state index is 13.0. The Morgan fingerprint density at radius 1 is 1.04 bits per heavy atom. The SMILES string of the molecule is O=C(c1cccnc1Oc1ccccc1)N1CCC(C2OCCO2)CC1. The summed E-state index contributed by atoms with van der Waals surface area (Å²) in [6.45, 7) is 2.71. The van der Waals surface area contributed by atoms with Crippen molar-refractivity contribution < 1.29 is 19.0 Å². The predicted octanol–water partition coefficient (Wildman–Crippen LogP) is 3.10. The van der Waals surface area contributed by atoms with Gasteiger partial charge in [-0.25, -0.2) is 4.98 Å². The highest BCUT2D eigenvalue weighted by Gasteiger charge is 2.32. The molecule has 0 aliphatic carbocycles. The van der Waals surface area contributed by atoms with Crippen molar-refractivity contribution >= 4 is 5.91 Å². The number of carbonyl (C=O) groups excluding carboxylic acids is 1. The van der Waals surface area contributed by atoms with E-state index in [0.29, 0.717) is 49.4 Å². The van der Waals surface area contributed by atoms with Crippen molar-refractivity contribution in [3.63, 3.8) is 0 Å². The fourth-order valence-electron chi connectivity index (χ4n) is 3.43. The highest BCUT2D eigenvalue weighted by Crippen LogP contribution is 2.28. The Morgan fingerprint density at radius 2 is 1.77 bits per heavy atom. The number of carbonyl (C=O) groups is 1. The van der Waals surface area contributed by atoms with Crippen LogP contribution in [0.25, 0.3) is 0 Å². The average Bonchev–Trinajstić information content (AvgIpc) is 3.24. The summed E-state index contributed by atoms with van der Waals surface area (Å²) in [5, 5.41) is 0. The highest BCUT2D eigenvalue weighted by atomic mass is 16.7. The molecule has 6 heteroatoms. The van der Waals surface area contributed by atoms with E-state index < -0.39 is 0 Å². The molecule has 26 heavy (non-hydrogen) atoms. The second-order valence-electron chi connectivity index (χ2n) is 6.51. The molecule has 2 aliphatic heterocycles. The number of piperidine rings is 1. The Labute approximate surface area is 152 Å². The van der Waals surface area contributed by atoms with Crippen molar-refractivity contribution in [2.75, 3.05) is 26.3 Å². The molecule has 2 saturated heterocycles. The lowest BCUT2D eigenvalue weighted by molar-refractivity contribution is -0.0956. The number of hydrogen-bond donors (Lipinski definition) is 0. The van der Waals surface area contributed by atoms with Crippen LogP contribution in [0.2, 0.25) is 0 Å². The maximum absolute atomic E-state index is 13.0. The van der Waals surface area contributed by atoms with Gasteiger partial charge in [0, 0.05) is 25.2 Å². The monoisotopic (exact) mass is 354 g/mol. The molecule has 1 aromatic carbocycles. The molecule has 1 amide bonds. The molecule has 1 aromatic heterocycles. The standard InChI is InChI=1S/C20H22N2O4/c23-19(22-11-8-15(9-12-22)20-24-13-14-25-20)17-7-4-10-21-18(17)26-16-5-2-1-3-6-16/h1-7,10,15,20H,8-9,11-14H2. The van der Waals surface area contributed by atoms with Gasteiger partial charge in [0.1, 0.15) is 11.3 Å². The zero-order chi connectivity index (χ0) is 17.8. The van der Waals surface area contributed by atoms with E-state index in [1.165, 1.54) is 0 Å². The van der Waals surface area contributed by atoms with Gasteiger partial charge in [-0.3, -0.25) is 4.79 Å². The predicted molar refractivity (Wildman–Crippen MR) is 95.1 cm³/mol. The first-order chi connectivity index (χ1) is 12.8. The molecule has 2 aromatic rings. The lowest BCUT2D eigenvalue weighted by Gasteiger charge is -2.34. The number of para-hydroxylation sites is 1. The summed E-state index contributed by atoms with van der Waals surface area (Å²) < 4.78 is 17.0. The van der Waals surface area contributed by atoms with Crippen LogP contribution in [0.3, 0.4) is 0 Å². The molecule has 2 aliphatic rings. The zero-order valence-corrected chi connectivity index (χ0v) is 14.5. The fourth-order valence-corrected chi connectivity index (χ4v) is 3.43. The number of amides is 1. The third-order valence-corrected chi connectivity index (χ3v) is 4.82. The van der Waals surface area contributed by atoms with Crippen LogP contribution in [0.4, 0.5) is 0 Å². The molecular weight excluding hydrogens is 332 g/mol. The van der Waals surface area contributed by atoms with Crippen LogP contribution in [0.15, 0.2) is 48.7 Å². The second-order valence-corrected chi connectivity index (χ2v) is 6.51. The molecule has 0 unspecified atom stereocenters. The summed E-state index contributed by atoms with van der Waals surface area (Å²) in [7, 11) is 0. The Bertz CT molecular complexity index is 738. The highest BCUT2D eigenvalue weighted by molar-refractivity contribution is 5.96. The molecule has 3 heterocycles. The van der Waals surface area contributed by atoms with Crippen LogP contribution in [-0.2, 0) is 9.47 Å². The summed E-state index contributed by atoms with van der Waals surface area (Å²) in [6.07, 6.45) is 3.29. The zero-order valence-electron chi connectivity index (χ0n) is 14.5.